The molecule has 1 aromatic rings. The number of fused-ring (bicyclic) bond motifs is 1. The number of ether oxygens (including phenoxy) is 1. The van der Waals surface area contributed by atoms with Crippen molar-refractivity contribution in [2.75, 3.05) is 0 Å². The topological polar surface area (TPSA) is 75.6 Å². The summed E-state index contributed by atoms with van der Waals surface area (Å²) in [4.78, 5) is 23.1. The van der Waals surface area contributed by atoms with Crippen LogP contribution in [0.15, 0.2) is 18.2 Å². The molecule has 5 heteroatoms. The van der Waals surface area contributed by atoms with E-state index in [1.165, 1.54) is 11.1 Å². The van der Waals surface area contributed by atoms with Crippen LogP contribution in [-0.2, 0) is 28.8 Å². The number of alkyl carbamates (subject to hydrolysis) is 1. The van der Waals surface area contributed by atoms with Crippen molar-refractivity contribution in [2.45, 2.75) is 58.1 Å². The fraction of sp³-hybridized carbons (Fsp3) is 0.529. The van der Waals surface area contributed by atoms with Gasteiger partial charge in [0.15, 0.2) is 0 Å². The number of carboxylic acids is 1. The maximum Gasteiger partial charge on any atom is 0.408 e. The molecule has 2 rings (SSSR count). The van der Waals surface area contributed by atoms with E-state index in [9.17, 15) is 14.7 Å². The summed E-state index contributed by atoms with van der Waals surface area (Å²) in [6.07, 6.45) is 2.83. The third-order valence-electron chi connectivity index (χ3n) is 3.59. The smallest absolute Gasteiger partial charge is 0.408 e. The molecule has 0 unspecified atom stereocenters. The Kier molecular flexibility index (Phi) is 4.74. The number of hydrogen-bond donors (Lipinski definition) is 2. The summed E-state index contributed by atoms with van der Waals surface area (Å²) in [7, 11) is 0. The Balaban J connectivity index is 2.03. The average Bonchev–Trinajstić information content (AvgIpc) is 2.82. The summed E-state index contributed by atoms with van der Waals surface area (Å²) < 4.78 is 5.12. The van der Waals surface area contributed by atoms with Crippen LogP contribution in [0.25, 0.3) is 0 Å². The quantitative estimate of drug-likeness (QED) is 0.897. The minimum atomic E-state index is -1.06. The highest BCUT2D eigenvalue weighted by atomic mass is 16.6. The lowest BCUT2D eigenvalue weighted by Gasteiger charge is -2.22. The number of carboxylic acid groups (broad SMARTS) is 1. The molecular weight excluding hydrogens is 282 g/mol. The van der Waals surface area contributed by atoms with Crippen LogP contribution in [-0.4, -0.2) is 28.8 Å². The molecule has 1 amide bonds. The van der Waals surface area contributed by atoms with Crippen molar-refractivity contribution in [3.8, 4) is 0 Å². The van der Waals surface area contributed by atoms with E-state index in [0.29, 0.717) is 0 Å². The van der Waals surface area contributed by atoms with E-state index in [1.54, 1.807) is 20.8 Å². The van der Waals surface area contributed by atoms with Crippen molar-refractivity contribution in [2.24, 2.45) is 0 Å². The van der Waals surface area contributed by atoms with Crippen molar-refractivity contribution < 1.29 is 19.4 Å². The minimum absolute atomic E-state index is 0.252. The van der Waals surface area contributed by atoms with Crippen molar-refractivity contribution in [3.63, 3.8) is 0 Å². The number of hydrogen-bond acceptors (Lipinski definition) is 3. The van der Waals surface area contributed by atoms with E-state index in [0.717, 1.165) is 24.8 Å². The molecule has 120 valence electrons. The fourth-order valence-electron chi connectivity index (χ4n) is 2.64. The van der Waals surface area contributed by atoms with Crippen LogP contribution in [0.1, 0.15) is 43.9 Å². The van der Waals surface area contributed by atoms with Gasteiger partial charge in [-0.3, -0.25) is 0 Å². The number of rotatable bonds is 4. The molecule has 22 heavy (non-hydrogen) atoms. The first kappa shape index (κ1) is 16.3. The molecule has 0 saturated heterocycles. The van der Waals surface area contributed by atoms with Gasteiger partial charge >= 0.3 is 12.1 Å². The molecule has 1 aromatic carbocycles. The van der Waals surface area contributed by atoms with Crippen LogP contribution in [0.4, 0.5) is 4.79 Å². The zero-order valence-electron chi connectivity index (χ0n) is 13.3. The molecule has 1 aliphatic rings. The predicted molar refractivity (Wildman–Crippen MR) is 83.0 cm³/mol. The van der Waals surface area contributed by atoms with E-state index in [-0.39, 0.29) is 6.42 Å². The Bertz CT molecular complexity index is 575. The Hall–Kier alpha value is -2.04. The molecule has 1 atom stereocenters. The molecule has 0 aromatic heterocycles. The summed E-state index contributed by atoms with van der Waals surface area (Å²) >= 11 is 0. The summed E-state index contributed by atoms with van der Waals surface area (Å²) in [5.41, 5.74) is 2.90. The second kappa shape index (κ2) is 6.38. The lowest BCUT2D eigenvalue weighted by atomic mass is 10.0. The Morgan fingerprint density at radius 1 is 1.27 bits per heavy atom. The van der Waals surface area contributed by atoms with Crippen LogP contribution in [0, 0.1) is 0 Å². The molecule has 2 N–H and O–H groups in total. The highest BCUT2D eigenvalue weighted by Crippen LogP contribution is 2.23. The maximum absolute atomic E-state index is 11.8. The van der Waals surface area contributed by atoms with E-state index in [2.05, 4.69) is 17.4 Å². The number of aryl methyl sites for hydroxylation is 2. The van der Waals surface area contributed by atoms with Crippen molar-refractivity contribution in [1.29, 1.82) is 0 Å². The average molecular weight is 305 g/mol. The predicted octanol–water partition coefficient (Wildman–Crippen LogP) is 2.70. The summed E-state index contributed by atoms with van der Waals surface area (Å²) in [5.74, 6) is -1.06. The van der Waals surface area contributed by atoms with Gasteiger partial charge in [-0.2, -0.15) is 0 Å². The van der Waals surface area contributed by atoms with Crippen LogP contribution in [0.3, 0.4) is 0 Å². The Morgan fingerprint density at radius 3 is 2.59 bits per heavy atom. The monoisotopic (exact) mass is 305 g/mol. The van der Waals surface area contributed by atoms with Gasteiger partial charge in [-0.25, -0.2) is 9.59 Å². The standard InChI is InChI=1S/C17H23NO4/c1-17(2,3)22-16(21)18-14(15(19)20)10-11-7-8-12-5-4-6-13(12)9-11/h7-9,14H,4-6,10H2,1-3H3,(H,18,21)(H,19,20)/t14-/m1/s1. The van der Waals surface area contributed by atoms with Crippen molar-refractivity contribution in [1.82, 2.24) is 5.32 Å². The molecular formula is C17H23NO4. The summed E-state index contributed by atoms with van der Waals surface area (Å²) in [6, 6.07) is 5.06. The second-order valence-electron chi connectivity index (χ2n) is 6.70. The van der Waals surface area contributed by atoms with E-state index in [1.807, 2.05) is 6.07 Å². The maximum atomic E-state index is 11.8. The van der Waals surface area contributed by atoms with E-state index in [4.69, 9.17) is 4.74 Å². The van der Waals surface area contributed by atoms with Gasteiger partial charge < -0.3 is 15.2 Å². The fourth-order valence-corrected chi connectivity index (χ4v) is 2.64. The number of carbonyl (C=O) groups is 2. The van der Waals surface area contributed by atoms with Gasteiger partial charge in [-0.05, 0) is 56.7 Å². The van der Waals surface area contributed by atoms with E-state index < -0.39 is 23.7 Å². The zero-order valence-corrected chi connectivity index (χ0v) is 13.3. The third kappa shape index (κ3) is 4.48. The first-order chi connectivity index (χ1) is 10.2. The van der Waals surface area contributed by atoms with Gasteiger partial charge in [0.2, 0.25) is 0 Å². The molecule has 5 nitrogen and oxygen atoms in total. The zero-order chi connectivity index (χ0) is 16.3. The largest absolute Gasteiger partial charge is 0.480 e. The van der Waals surface area contributed by atoms with Crippen LogP contribution >= 0.6 is 0 Å². The first-order valence-electron chi connectivity index (χ1n) is 7.57. The van der Waals surface area contributed by atoms with Gasteiger partial charge in [-0.15, -0.1) is 0 Å². The molecule has 0 bridgehead atoms. The Morgan fingerprint density at radius 2 is 1.95 bits per heavy atom. The second-order valence-corrected chi connectivity index (χ2v) is 6.70. The van der Waals surface area contributed by atoms with Gasteiger partial charge in [0.25, 0.3) is 0 Å². The molecule has 0 aliphatic heterocycles. The SMILES string of the molecule is CC(C)(C)OC(=O)N[C@H](Cc1ccc2c(c1)CCC2)C(=O)O. The van der Waals surface area contributed by atoms with Crippen LogP contribution in [0.2, 0.25) is 0 Å². The molecule has 0 fully saturated rings. The number of amides is 1. The van der Waals surface area contributed by atoms with Crippen molar-refractivity contribution in [3.05, 3.63) is 34.9 Å². The number of aliphatic carboxylic acids is 1. The van der Waals surface area contributed by atoms with Gasteiger partial charge in [0.05, 0.1) is 0 Å². The van der Waals surface area contributed by atoms with E-state index >= 15 is 0 Å². The number of benzene rings is 1. The normalized spacial score (nSPS) is 15.0. The van der Waals surface area contributed by atoms with Crippen LogP contribution in [0.5, 0.6) is 0 Å². The number of nitrogens with one attached hydrogen (secondary N) is 1. The summed E-state index contributed by atoms with van der Waals surface area (Å²) in [6.45, 7) is 5.22. The lowest BCUT2D eigenvalue weighted by Crippen LogP contribution is -2.44. The third-order valence-corrected chi connectivity index (χ3v) is 3.59. The molecule has 1 aliphatic carbocycles. The van der Waals surface area contributed by atoms with Crippen molar-refractivity contribution >= 4 is 12.1 Å². The first-order valence-corrected chi connectivity index (χ1v) is 7.57. The number of carbonyl (C=O) groups excluding carboxylic acids is 1. The summed E-state index contributed by atoms with van der Waals surface area (Å²) in [5, 5.41) is 11.7. The lowest BCUT2D eigenvalue weighted by molar-refractivity contribution is -0.139. The minimum Gasteiger partial charge on any atom is -0.480 e. The van der Waals surface area contributed by atoms with Gasteiger partial charge in [0.1, 0.15) is 11.6 Å². The molecule has 0 spiro atoms. The van der Waals surface area contributed by atoms with Gasteiger partial charge in [0, 0.05) is 6.42 Å². The highest BCUT2D eigenvalue weighted by molar-refractivity contribution is 5.80. The molecule has 0 radical (unpaired) electrons. The van der Waals surface area contributed by atoms with Gasteiger partial charge in [-0.1, -0.05) is 18.2 Å². The molecule has 0 saturated carbocycles. The molecule has 0 heterocycles. The Labute approximate surface area is 130 Å². The highest BCUT2D eigenvalue weighted by Gasteiger charge is 2.24. The van der Waals surface area contributed by atoms with Crippen LogP contribution < -0.4 is 5.32 Å².